The van der Waals surface area contributed by atoms with Crippen LogP contribution in [0.4, 0.5) is 0 Å². The predicted octanol–water partition coefficient (Wildman–Crippen LogP) is 1.75. The number of nitrogens with one attached hydrogen (secondary N) is 1. The SMILES string of the molecule is COCC1CCCN(CC2(CNC(C)C)CCOC2)C1. The highest BCUT2D eigenvalue weighted by Crippen LogP contribution is 2.31. The summed E-state index contributed by atoms with van der Waals surface area (Å²) in [7, 11) is 1.82. The third-order valence-corrected chi connectivity index (χ3v) is 4.63. The number of ether oxygens (including phenoxy) is 2. The summed E-state index contributed by atoms with van der Waals surface area (Å²) in [5, 5.41) is 3.62. The molecule has 0 amide bonds. The number of nitrogens with zero attached hydrogens (tertiary/aromatic N) is 1. The fourth-order valence-corrected chi connectivity index (χ4v) is 3.53. The second-order valence-corrected chi connectivity index (χ2v) is 7.04. The van der Waals surface area contributed by atoms with E-state index in [1.165, 1.54) is 38.9 Å². The Kier molecular flexibility index (Phi) is 6.27. The Hall–Kier alpha value is -0.160. The lowest BCUT2D eigenvalue weighted by Crippen LogP contribution is -2.49. The topological polar surface area (TPSA) is 33.7 Å². The smallest absolute Gasteiger partial charge is 0.0547 e. The number of hydrogen-bond acceptors (Lipinski definition) is 4. The molecule has 20 heavy (non-hydrogen) atoms. The quantitative estimate of drug-likeness (QED) is 0.772. The van der Waals surface area contributed by atoms with E-state index in [0.717, 1.165) is 26.4 Å². The first-order chi connectivity index (χ1) is 9.63. The van der Waals surface area contributed by atoms with Crippen LogP contribution in [0.25, 0.3) is 0 Å². The largest absolute Gasteiger partial charge is 0.384 e. The van der Waals surface area contributed by atoms with Gasteiger partial charge in [0.05, 0.1) is 13.2 Å². The Bertz CT molecular complexity index is 276. The van der Waals surface area contributed by atoms with E-state index in [1.807, 2.05) is 7.11 Å². The van der Waals surface area contributed by atoms with Crippen molar-refractivity contribution < 1.29 is 9.47 Å². The molecule has 2 atom stereocenters. The van der Waals surface area contributed by atoms with Crippen molar-refractivity contribution in [2.45, 2.75) is 39.2 Å². The summed E-state index contributed by atoms with van der Waals surface area (Å²) >= 11 is 0. The maximum atomic E-state index is 5.72. The zero-order chi connectivity index (χ0) is 14.4. The van der Waals surface area contributed by atoms with Crippen LogP contribution in [0, 0.1) is 11.3 Å². The Labute approximate surface area is 124 Å². The summed E-state index contributed by atoms with van der Waals surface area (Å²) in [4.78, 5) is 2.64. The zero-order valence-corrected chi connectivity index (χ0v) is 13.5. The summed E-state index contributed by atoms with van der Waals surface area (Å²) in [5.41, 5.74) is 0.319. The van der Waals surface area contributed by atoms with Crippen LogP contribution < -0.4 is 5.32 Å². The summed E-state index contributed by atoms with van der Waals surface area (Å²) in [6, 6.07) is 0.551. The minimum Gasteiger partial charge on any atom is -0.384 e. The van der Waals surface area contributed by atoms with Gasteiger partial charge in [0.15, 0.2) is 0 Å². The van der Waals surface area contributed by atoms with E-state index >= 15 is 0 Å². The van der Waals surface area contributed by atoms with Crippen LogP contribution >= 0.6 is 0 Å². The standard InChI is InChI=1S/C16H32N2O2/c1-14(2)17-11-16(6-8-20-13-16)12-18-7-4-5-15(9-18)10-19-3/h14-15,17H,4-13H2,1-3H3. The van der Waals surface area contributed by atoms with Gasteiger partial charge in [0, 0.05) is 44.8 Å². The van der Waals surface area contributed by atoms with E-state index < -0.39 is 0 Å². The second-order valence-electron chi connectivity index (χ2n) is 7.04. The van der Waals surface area contributed by atoms with Gasteiger partial charge >= 0.3 is 0 Å². The molecular formula is C16H32N2O2. The van der Waals surface area contributed by atoms with E-state index in [1.54, 1.807) is 0 Å². The van der Waals surface area contributed by atoms with E-state index in [0.29, 0.717) is 17.4 Å². The molecule has 2 rings (SSSR count). The molecule has 2 aliphatic heterocycles. The van der Waals surface area contributed by atoms with Crippen molar-refractivity contribution >= 4 is 0 Å². The molecule has 4 heteroatoms. The number of likely N-dealkylation sites (tertiary alicyclic amines) is 1. The summed E-state index contributed by atoms with van der Waals surface area (Å²) in [6.07, 6.45) is 3.82. The van der Waals surface area contributed by atoms with Gasteiger partial charge in [-0.2, -0.15) is 0 Å². The van der Waals surface area contributed by atoms with Crippen LogP contribution in [0.15, 0.2) is 0 Å². The van der Waals surface area contributed by atoms with Gasteiger partial charge in [-0.15, -0.1) is 0 Å². The van der Waals surface area contributed by atoms with Crippen molar-refractivity contribution in [3.8, 4) is 0 Å². The lowest BCUT2D eigenvalue weighted by molar-refractivity contribution is 0.0546. The van der Waals surface area contributed by atoms with Gasteiger partial charge in [0.25, 0.3) is 0 Å². The first-order valence-electron chi connectivity index (χ1n) is 8.16. The molecule has 0 saturated carbocycles. The maximum absolute atomic E-state index is 5.72. The molecule has 0 radical (unpaired) electrons. The van der Waals surface area contributed by atoms with Crippen LogP contribution in [-0.4, -0.2) is 64.1 Å². The highest BCUT2D eigenvalue weighted by Gasteiger charge is 2.37. The summed E-state index contributed by atoms with van der Waals surface area (Å²) < 4.78 is 11.1. The van der Waals surface area contributed by atoms with Gasteiger partial charge in [-0.25, -0.2) is 0 Å². The average Bonchev–Trinajstić information content (AvgIpc) is 2.86. The van der Waals surface area contributed by atoms with Crippen molar-refractivity contribution in [3.63, 3.8) is 0 Å². The lowest BCUT2D eigenvalue weighted by atomic mass is 9.85. The molecule has 2 heterocycles. The number of piperidine rings is 1. The Morgan fingerprint density at radius 3 is 2.95 bits per heavy atom. The Morgan fingerprint density at radius 1 is 1.45 bits per heavy atom. The molecule has 0 aliphatic carbocycles. The molecule has 2 unspecified atom stereocenters. The fourth-order valence-electron chi connectivity index (χ4n) is 3.53. The maximum Gasteiger partial charge on any atom is 0.0547 e. The third kappa shape index (κ3) is 4.69. The Balaban J connectivity index is 1.87. The van der Waals surface area contributed by atoms with Crippen molar-refractivity contribution in [3.05, 3.63) is 0 Å². The molecule has 2 fully saturated rings. The molecule has 0 aromatic carbocycles. The van der Waals surface area contributed by atoms with Crippen LogP contribution in [0.1, 0.15) is 33.1 Å². The molecular weight excluding hydrogens is 252 g/mol. The first-order valence-corrected chi connectivity index (χ1v) is 8.16. The summed E-state index contributed by atoms with van der Waals surface area (Å²) in [5.74, 6) is 0.714. The van der Waals surface area contributed by atoms with Crippen LogP contribution in [-0.2, 0) is 9.47 Å². The second kappa shape index (κ2) is 7.74. The van der Waals surface area contributed by atoms with E-state index in [4.69, 9.17) is 9.47 Å². The van der Waals surface area contributed by atoms with Crippen LogP contribution in [0.2, 0.25) is 0 Å². The number of rotatable bonds is 7. The van der Waals surface area contributed by atoms with Gasteiger partial charge in [-0.05, 0) is 31.7 Å². The highest BCUT2D eigenvalue weighted by atomic mass is 16.5. The highest BCUT2D eigenvalue weighted by molar-refractivity contribution is 4.90. The van der Waals surface area contributed by atoms with Crippen molar-refractivity contribution in [1.82, 2.24) is 10.2 Å². The first kappa shape index (κ1) is 16.2. The van der Waals surface area contributed by atoms with E-state index in [9.17, 15) is 0 Å². The van der Waals surface area contributed by atoms with Gasteiger partial charge in [0.2, 0.25) is 0 Å². The third-order valence-electron chi connectivity index (χ3n) is 4.63. The zero-order valence-electron chi connectivity index (χ0n) is 13.5. The lowest BCUT2D eigenvalue weighted by Gasteiger charge is -2.39. The fraction of sp³-hybridized carbons (Fsp3) is 1.00. The molecule has 0 aromatic rings. The molecule has 0 bridgehead atoms. The Morgan fingerprint density at radius 2 is 2.30 bits per heavy atom. The monoisotopic (exact) mass is 284 g/mol. The van der Waals surface area contributed by atoms with Gasteiger partial charge in [0.1, 0.15) is 0 Å². The molecule has 0 aromatic heterocycles. The molecule has 1 N–H and O–H groups in total. The van der Waals surface area contributed by atoms with Gasteiger partial charge in [-0.1, -0.05) is 13.8 Å². The number of hydrogen-bond donors (Lipinski definition) is 1. The van der Waals surface area contributed by atoms with Crippen molar-refractivity contribution in [2.75, 3.05) is 53.1 Å². The van der Waals surface area contributed by atoms with E-state index in [2.05, 4.69) is 24.1 Å². The van der Waals surface area contributed by atoms with Gasteiger partial charge in [-0.3, -0.25) is 0 Å². The van der Waals surface area contributed by atoms with Gasteiger partial charge < -0.3 is 19.7 Å². The average molecular weight is 284 g/mol. The molecule has 0 spiro atoms. The van der Waals surface area contributed by atoms with Crippen molar-refractivity contribution in [2.24, 2.45) is 11.3 Å². The summed E-state index contributed by atoms with van der Waals surface area (Å²) in [6.45, 7) is 11.9. The van der Waals surface area contributed by atoms with E-state index in [-0.39, 0.29) is 0 Å². The molecule has 118 valence electrons. The molecule has 2 aliphatic rings. The molecule has 4 nitrogen and oxygen atoms in total. The minimum absolute atomic E-state index is 0.319. The van der Waals surface area contributed by atoms with Crippen molar-refractivity contribution in [1.29, 1.82) is 0 Å². The number of methoxy groups -OCH3 is 1. The molecule has 2 saturated heterocycles. The normalized spacial score (nSPS) is 32.1. The van der Waals surface area contributed by atoms with Crippen LogP contribution in [0.3, 0.4) is 0 Å². The predicted molar refractivity (Wildman–Crippen MR) is 82.0 cm³/mol. The van der Waals surface area contributed by atoms with Crippen LogP contribution in [0.5, 0.6) is 0 Å². The minimum atomic E-state index is 0.319.